The number of sulfone groups is 1. The fourth-order valence-electron chi connectivity index (χ4n) is 2.21. The van der Waals surface area contributed by atoms with Crippen LogP contribution in [0.2, 0.25) is 0 Å². The van der Waals surface area contributed by atoms with Gasteiger partial charge in [-0.15, -0.1) is 0 Å². The Morgan fingerprint density at radius 2 is 1.95 bits per heavy atom. The highest BCUT2D eigenvalue weighted by atomic mass is 32.2. The average molecular weight is 285 g/mol. The molecular formula is C11H19N5O2S. The highest BCUT2D eigenvalue weighted by Gasteiger charge is 2.26. The Bertz CT molecular complexity index is 544. The normalized spacial score (nSPS) is 18.6. The minimum Gasteiger partial charge on any atom is -0.354 e. The lowest BCUT2D eigenvalue weighted by atomic mass is 10.0. The molecule has 8 heteroatoms. The van der Waals surface area contributed by atoms with Crippen LogP contribution in [0.25, 0.3) is 0 Å². The number of nitrogens with one attached hydrogen (secondary N) is 1. The summed E-state index contributed by atoms with van der Waals surface area (Å²) in [4.78, 5) is 10.4. The first-order chi connectivity index (χ1) is 8.94. The molecule has 0 spiro atoms. The summed E-state index contributed by atoms with van der Waals surface area (Å²) in [5.41, 5.74) is 3.50. The number of hydrogen-bond acceptors (Lipinski definition) is 7. The Morgan fingerprint density at radius 1 is 1.32 bits per heavy atom. The molecule has 0 aromatic carbocycles. The van der Waals surface area contributed by atoms with Crippen molar-refractivity contribution in [1.29, 1.82) is 0 Å². The summed E-state index contributed by atoms with van der Waals surface area (Å²) >= 11 is 0. The van der Waals surface area contributed by atoms with Crippen molar-refractivity contribution in [1.82, 2.24) is 9.97 Å². The second-order valence-corrected chi connectivity index (χ2v) is 7.20. The SMILES string of the molecule is CC(C)c1c(NN)ncnc1N1CCS(=O)(=O)CC1. The van der Waals surface area contributed by atoms with Gasteiger partial charge in [0, 0.05) is 18.7 Å². The molecule has 0 radical (unpaired) electrons. The van der Waals surface area contributed by atoms with Crippen LogP contribution in [0.5, 0.6) is 0 Å². The zero-order valence-electron chi connectivity index (χ0n) is 11.1. The molecule has 0 atom stereocenters. The van der Waals surface area contributed by atoms with Gasteiger partial charge in [-0.05, 0) is 5.92 Å². The van der Waals surface area contributed by atoms with Gasteiger partial charge >= 0.3 is 0 Å². The molecule has 1 saturated heterocycles. The van der Waals surface area contributed by atoms with E-state index in [0.717, 1.165) is 11.4 Å². The van der Waals surface area contributed by atoms with Crippen molar-refractivity contribution in [2.45, 2.75) is 19.8 Å². The molecule has 2 rings (SSSR count). The summed E-state index contributed by atoms with van der Waals surface area (Å²) in [6.45, 7) is 4.99. The van der Waals surface area contributed by atoms with Crippen molar-refractivity contribution in [3.8, 4) is 0 Å². The lowest BCUT2D eigenvalue weighted by molar-refractivity contribution is 0.586. The Kier molecular flexibility index (Phi) is 3.91. The monoisotopic (exact) mass is 285 g/mol. The van der Waals surface area contributed by atoms with Crippen molar-refractivity contribution in [2.24, 2.45) is 5.84 Å². The van der Waals surface area contributed by atoms with Crippen LogP contribution in [0.1, 0.15) is 25.3 Å². The van der Waals surface area contributed by atoms with Gasteiger partial charge in [-0.1, -0.05) is 13.8 Å². The van der Waals surface area contributed by atoms with Gasteiger partial charge < -0.3 is 10.3 Å². The van der Waals surface area contributed by atoms with Crippen molar-refractivity contribution in [3.63, 3.8) is 0 Å². The van der Waals surface area contributed by atoms with E-state index in [1.807, 2.05) is 18.7 Å². The highest BCUT2D eigenvalue weighted by molar-refractivity contribution is 7.91. The fraction of sp³-hybridized carbons (Fsp3) is 0.636. The van der Waals surface area contributed by atoms with Gasteiger partial charge in [0.2, 0.25) is 0 Å². The molecule has 19 heavy (non-hydrogen) atoms. The number of rotatable bonds is 3. The molecule has 0 amide bonds. The molecule has 1 aliphatic heterocycles. The van der Waals surface area contributed by atoms with E-state index in [1.54, 1.807) is 0 Å². The molecule has 3 N–H and O–H groups in total. The molecule has 0 aliphatic carbocycles. The van der Waals surface area contributed by atoms with Gasteiger partial charge in [0.25, 0.3) is 0 Å². The van der Waals surface area contributed by atoms with E-state index in [0.29, 0.717) is 18.9 Å². The van der Waals surface area contributed by atoms with Crippen LogP contribution in [-0.2, 0) is 9.84 Å². The largest absolute Gasteiger partial charge is 0.354 e. The van der Waals surface area contributed by atoms with Gasteiger partial charge in [-0.3, -0.25) is 0 Å². The summed E-state index contributed by atoms with van der Waals surface area (Å²) in [5, 5.41) is 0. The number of anilines is 2. The Morgan fingerprint density at radius 3 is 2.47 bits per heavy atom. The van der Waals surface area contributed by atoms with Crippen LogP contribution in [0.4, 0.5) is 11.6 Å². The molecule has 2 heterocycles. The van der Waals surface area contributed by atoms with Crippen molar-refractivity contribution in [2.75, 3.05) is 34.9 Å². The predicted octanol–water partition coefficient (Wildman–Crippen LogP) is 0.120. The molecule has 106 valence electrons. The van der Waals surface area contributed by atoms with Gasteiger partial charge in [-0.2, -0.15) is 0 Å². The number of hydrogen-bond donors (Lipinski definition) is 2. The molecule has 1 fully saturated rings. The summed E-state index contributed by atoms with van der Waals surface area (Å²) in [5.74, 6) is 7.37. The molecule has 1 aromatic rings. The first kappa shape index (κ1) is 14.0. The third-order valence-corrected chi connectivity index (χ3v) is 4.83. The molecule has 1 aromatic heterocycles. The average Bonchev–Trinajstić information content (AvgIpc) is 2.37. The van der Waals surface area contributed by atoms with E-state index in [9.17, 15) is 8.42 Å². The second-order valence-electron chi connectivity index (χ2n) is 4.90. The van der Waals surface area contributed by atoms with Crippen LogP contribution < -0.4 is 16.2 Å². The van der Waals surface area contributed by atoms with E-state index >= 15 is 0 Å². The van der Waals surface area contributed by atoms with Gasteiger partial charge in [0.05, 0.1) is 11.5 Å². The lowest BCUT2D eigenvalue weighted by Crippen LogP contribution is -2.41. The van der Waals surface area contributed by atoms with Crippen molar-refractivity contribution in [3.05, 3.63) is 11.9 Å². The highest BCUT2D eigenvalue weighted by Crippen LogP contribution is 2.30. The Hall–Kier alpha value is -1.41. The maximum absolute atomic E-state index is 11.5. The number of hydrazine groups is 1. The topological polar surface area (TPSA) is 101 Å². The summed E-state index contributed by atoms with van der Waals surface area (Å²) in [6, 6.07) is 0. The first-order valence-corrected chi connectivity index (χ1v) is 8.03. The van der Waals surface area contributed by atoms with Gasteiger partial charge in [-0.25, -0.2) is 24.2 Å². The molecule has 1 aliphatic rings. The Balaban J connectivity index is 2.35. The van der Waals surface area contributed by atoms with Gasteiger partial charge in [0.15, 0.2) is 9.84 Å². The maximum Gasteiger partial charge on any atom is 0.153 e. The minimum absolute atomic E-state index is 0.167. The molecule has 0 bridgehead atoms. The van der Waals surface area contributed by atoms with Crippen molar-refractivity contribution >= 4 is 21.5 Å². The second kappa shape index (κ2) is 5.30. The smallest absolute Gasteiger partial charge is 0.153 e. The van der Waals surface area contributed by atoms with Crippen molar-refractivity contribution < 1.29 is 8.42 Å². The van der Waals surface area contributed by atoms with Crippen LogP contribution in [0.15, 0.2) is 6.33 Å². The quantitative estimate of drug-likeness (QED) is 0.601. The van der Waals surface area contributed by atoms with E-state index in [4.69, 9.17) is 5.84 Å². The number of nitrogens with zero attached hydrogens (tertiary/aromatic N) is 3. The van der Waals surface area contributed by atoms with Crippen LogP contribution in [0.3, 0.4) is 0 Å². The molecular weight excluding hydrogens is 266 g/mol. The van der Waals surface area contributed by atoms with E-state index in [-0.39, 0.29) is 17.4 Å². The molecule has 7 nitrogen and oxygen atoms in total. The van der Waals surface area contributed by atoms with Crippen LogP contribution in [-0.4, -0.2) is 43.0 Å². The fourth-order valence-corrected chi connectivity index (χ4v) is 3.41. The Labute approximate surface area is 113 Å². The first-order valence-electron chi connectivity index (χ1n) is 6.21. The number of nitrogen functional groups attached to an aromatic ring is 1. The van der Waals surface area contributed by atoms with Crippen LogP contribution >= 0.6 is 0 Å². The zero-order chi connectivity index (χ0) is 14.0. The van der Waals surface area contributed by atoms with E-state index < -0.39 is 9.84 Å². The molecule has 0 saturated carbocycles. The van der Waals surface area contributed by atoms with Gasteiger partial charge in [0.1, 0.15) is 18.0 Å². The van der Waals surface area contributed by atoms with Crippen LogP contribution in [0, 0.1) is 0 Å². The number of aromatic nitrogens is 2. The van der Waals surface area contributed by atoms with E-state index in [1.165, 1.54) is 6.33 Å². The minimum atomic E-state index is -2.90. The predicted molar refractivity (Wildman–Crippen MR) is 74.8 cm³/mol. The van der Waals surface area contributed by atoms with E-state index in [2.05, 4.69) is 15.4 Å². The lowest BCUT2D eigenvalue weighted by Gasteiger charge is -2.30. The third-order valence-electron chi connectivity index (χ3n) is 3.22. The standard InChI is InChI=1S/C11H19N5O2S/c1-8(2)9-10(15-12)13-7-14-11(9)16-3-5-19(17,18)6-4-16/h7-8H,3-6,12H2,1-2H3,(H,13,14,15). The molecule has 0 unspecified atom stereocenters. The summed E-state index contributed by atoms with van der Waals surface area (Å²) in [7, 11) is -2.90. The summed E-state index contributed by atoms with van der Waals surface area (Å²) in [6.07, 6.45) is 1.44. The third kappa shape index (κ3) is 2.95. The maximum atomic E-state index is 11.5. The number of nitrogens with two attached hydrogens (primary N) is 1. The zero-order valence-corrected chi connectivity index (χ0v) is 11.9. The summed E-state index contributed by atoms with van der Waals surface area (Å²) < 4.78 is 23.0.